The molecule has 1 saturated heterocycles. The molecule has 2 N–H and O–H groups in total. The zero-order valence-corrected chi connectivity index (χ0v) is 15.1. The van der Waals surface area contributed by atoms with Crippen molar-refractivity contribution in [1.82, 2.24) is 15.5 Å². The van der Waals surface area contributed by atoms with Gasteiger partial charge in [-0.2, -0.15) is 0 Å². The highest BCUT2D eigenvalue weighted by atomic mass is 35.5. The Morgan fingerprint density at radius 1 is 1.38 bits per heavy atom. The molecule has 7 heteroatoms. The smallest absolute Gasteiger partial charge is 0.223 e. The minimum atomic E-state index is -0.589. The molecule has 1 aromatic carbocycles. The van der Waals surface area contributed by atoms with Crippen LogP contribution in [-0.4, -0.2) is 44.0 Å². The van der Waals surface area contributed by atoms with Gasteiger partial charge in [0.1, 0.15) is 11.6 Å². The molecule has 24 heavy (non-hydrogen) atoms. The Labute approximate surface area is 148 Å². The van der Waals surface area contributed by atoms with Gasteiger partial charge in [-0.05, 0) is 52.5 Å². The van der Waals surface area contributed by atoms with Crippen molar-refractivity contribution in [3.8, 4) is 0 Å². The van der Waals surface area contributed by atoms with E-state index in [9.17, 15) is 13.6 Å². The minimum absolute atomic E-state index is 0. The molecule has 1 heterocycles. The summed E-state index contributed by atoms with van der Waals surface area (Å²) in [6.45, 7) is 3.05. The summed E-state index contributed by atoms with van der Waals surface area (Å²) < 4.78 is 28.0. The van der Waals surface area contributed by atoms with Crippen LogP contribution in [0.5, 0.6) is 0 Å². The fraction of sp³-hybridized carbons (Fsp3) is 0.588. The summed E-state index contributed by atoms with van der Waals surface area (Å²) in [6.07, 6.45) is 1.57. The molecule has 1 fully saturated rings. The molecule has 1 amide bonds. The van der Waals surface area contributed by atoms with Gasteiger partial charge in [0.25, 0.3) is 0 Å². The third kappa shape index (κ3) is 5.13. The van der Waals surface area contributed by atoms with E-state index in [1.165, 1.54) is 18.2 Å². The lowest BCUT2D eigenvalue weighted by molar-refractivity contribution is -0.126. The molecule has 1 aromatic rings. The molecular formula is C17H26ClF2N3O. The van der Waals surface area contributed by atoms with Gasteiger partial charge < -0.3 is 15.5 Å². The van der Waals surface area contributed by atoms with Crippen molar-refractivity contribution in [3.63, 3.8) is 0 Å². The van der Waals surface area contributed by atoms with Crippen molar-refractivity contribution in [3.05, 3.63) is 35.4 Å². The van der Waals surface area contributed by atoms with E-state index in [1.807, 2.05) is 0 Å². The number of benzene rings is 1. The second-order valence-corrected chi connectivity index (χ2v) is 6.44. The highest BCUT2D eigenvalue weighted by Gasteiger charge is 2.27. The summed E-state index contributed by atoms with van der Waals surface area (Å²) in [5.74, 6) is -1.26. The fourth-order valence-corrected chi connectivity index (χ4v) is 3.08. The number of piperidine rings is 1. The number of nitrogens with one attached hydrogen (secondary N) is 2. The van der Waals surface area contributed by atoms with Crippen molar-refractivity contribution in [2.45, 2.75) is 31.8 Å². The molecule has 1 aliphatic heterocycles. The first-order chi connectivity index (χ1) is 10.9. The van der Waals surface area contributed by atoms with Crippen LogP contribution in [0, 0.1) is 17.6 Å². The van der Waals surface area contributed by atoms with E-state index in [2.05, 4.69) is 17.6 Å². The zero-order chi connectivity index (χ0) is 17.0. The van der Waals surface area contributed by atoms with Crippen molar-refractivity contribution in [2.75, 3.05) is 27.2 Å². The predicted octanol–water partition coefficient (Wildman–Crippen LogP) is 2.49. The number of carbonyl (C=O) groups is 1. The molecule has 0 aromatic heterocycles. The van der Waals surface area contributed by atoms with E-state index in [1.54, 1.807) is 19.0 Å². The van der Waals surface area contributed by atoms with E-state index in [0.29, 0.717) is 6.04 Å². The number of hydrogen-bond acceptors (Lipinski definition) is 3. The topological polar surface area (TPSA) is 44.4 Å². The average Bonchev–Trinajstić information content (AvgIpc) is 2.49. The van der Waals surface area contributed by atoms with Gasteiger partial charge in [0.15, 0.2) is 0 Å². The summed E-state index contributed by atoms with van der Waals surface area (Å²) in [7, 11) is 3.49. The molecule has 0 saturated carbocycles. The van der Waals surface area contributed by atoms with Crippen molar-refractivity contribution in [1.29, 1.82) is 0 Å². The van der Waals surface area contributed by atoms with Gasteiger partial charge in [0.05, 0.1) is 6.04 Å². The van der Waals surface area contributed by atoms with E-state index in [4.69, 9.17) is 0 Å². The molecule has 1 aliphatic rings. The molecule has 0 spiro atoms. The van der Waals surface area contributed by atoms with E-state index in [-0.39, 0.29) is 36.3 Å². The SMILES string of the molecule is C[C@H]1C[C@@H](C(=O)NCC(c2c(F)cccc2F)N(C)C)CCN1.Cl. The Hall–Kier alpha value is -1.24. The molecular weight excluding hydrogens is 336 g/mol. The highest BCUT2D eigenvalue weighted by molar-refractivity contribution is 5.85. The maximum Gasteiger partial charge on any atom is 0.223 e. The second-order valence-electron chi connectivity index (χ2n) is 6.44. The van der Waals surface area contributed by atoms with Gasteiger partial charge in [-0.15, -0.1) is 12.4 Å². The van der Waals surface area contributed by atoms with Crippen molar-refractivity contribution >= 4 is 18.3 Å². The van der Waals surface area contributed by atoms with Crippen molar-refractivity contribution < 1.29 is 13.6 Å². The third-order valence-electron chi connectivity index (χ3n) is 4.42. The van der Waals surface area contributed by atoms with Crippen LogP contribution in [0.3, 0.4) is 0 Å². The van der Waals surface area contributed by atoms with E-state index >= 15 is 0 Å². The summed E-state index contributed by atoms with van der Waals surface area (Å²) in [6, 6.07) is 3.60. The first-order valence-corrected chi connectivity index (χ1v) is 8.01. The lowest BCUT2D eigenvalue weighted by atomic mass is 9.92. The van der Waals surface area contributed by atoms with Crippen LogP contribution in [0.25, 0.3) is 0 Å². The zero-order valence-electron chi connectivity index (χ0n) is 14.3. The van der Waals surface area contributed by atoms with Crippen LogP contribution in [0.1, 0.15) is 31.4 Å². The third-order valence-corrected chi connectivity index (χ3v) is 4.42. The second kappa shape index (κ2) is 9.30. The van der Waals surface area contributed by atoms with Gasteiger partial charge in [-0.3, -0.25) is 4.79 Å². The van der Waals surface area contributed by atoms with Crippen LogP contribution < -0.4 is 10.6 Å². The first-order valence-electron chi connectivity index (χ1n) is 8.01. The Morgan fingerprint density at radius 2 is 2.00 bits per heavy atom. The molecule has 2 rings (SSSR count). The Kier molecular flexibility index (Phi) is 8.06. The van der Waals surface area contributed by atoms with Crippen LogP contribution in [0.15, 0.2) is 18.2 Å². The fourth-order valence-electron chi connectivity index (χ4n) is 3.08. The standard InChI is InChI=1S/C17H25F2N3O.ClH/c1-11-9-12(7-8-20-11)17(23)21-10-15(22(2)3)16-13(18)5-4-6-14(16)19;/h4-6,11-12,15,20H,7-10H2,1-3H3,(H,21,23);1H/t11-,12-,15?;/m0./s1. The molecule has 0 aliphatic carbocycles. The lowest BCUT2D eigenvalue weighted by Gasteiger charge is -2.29. The van der Waals surface area contributed by atoms with Gasteiger partial charge in [0.2, 0.25) is 5.91 Å². The van der Waals surface area contributed by atoms with Gasteiger partial charge in [-0.25, -0.2) is 8.78 Å². The normalized spacial score (nSPS) is 21.9. The quantitative estimate of drug-likeness (QED) is 0.847. The summed E-state index contributed by atoms with van der Waals surface area (Å²) in [4.78, 5) is 14.0. The molecule has 0 bridgehead atoms. The summed E-state index contributed by atoms with van der Waals surface area (Å²) in [5.41, 5.74) is -0.00326. The van der Waals surface area contributed by atoms with Crippen LogP contribution in [0.4, 0.5) is 8.78 Å². The summed E-state index contributed by atoms with van der Waals surface area (Å²) >= 11 is 0. The number of carbonyl (C=O) groups excluding carboxylic acids is 1. The number of halogens is 3. The van der Waals surface area contributed by atoms with Gasteiger partial charge >= 0.3 is 0 Å². The number of nitrogens with zero attached hydrogens (tertiary/aromatic N) is 1. The highest BCUT2D eigenvalue weighted by Crippen LogP contribution is 2.24. The summed E-state index contributed by atoms with van der Waals surface area (Å²) in [5, 5.41) is 6.17. The van der Waals surface area contributed by atoms with Crippen molar-refractivity contribution in [2.24, 2.45) is 5.92 Å². The molecule has 136 valence electrons. The Balaban J connectivity index is 0.00000288. The number of hydrogen-bond donors (Lipinski definition) is 2. The molecule has 0 radical (unpaired) electrons. The van der Waals surface area contributed by atoms with E-state index in [0.717, 1.165) is 19.4 Å². The maximum absolute atomic E-state index is 14.0. The van der Waals surface area contributed by atoms with Crippen LogP contribution in [-0.2, 0) is 4.79 Å². The number of likely N-dealkylation sites (N-methyl/N-ethyl adjacent to an activating group) is 1. The van der Waals surface area contributed by atoms with Crippen LogP contribution in [0.2, 0.25) is 0 Å². The lowest BCUT2D eigenvalue weighted by Crippen LogP contribution is -2.44. The first kappa shape index (κ1) is 20.8. The predicted molar refractivity (Wildman–Crippen MR) is 93.2 cm³/mol. The largest absolute Gasteiger partial charge is 0.354 e. The van der Waals surface area contributed by atoms with E-state index < -0.39 is 17.7 Å². The van der Waals surface area contributed by atoms with Gasteiger partial charge in [0, 0.05) is 24.1 Å². The molecule has 3 atom stereocenters. The minimum Gasteiger partial charge on any atom is -0.354 e. The van der Waals surface area contributed by atoms with Crippen LogP contribution >= 0.6 is 12.4 Å². The molecule has 1 unspecified atom stereocenters. The number of amides is 1. The monoisotopic (exact) mass is 361 g/mol. The number of rotatable bonds is 5. The maximum atomic E-state index is 14.0. The molecule has 4 nitrogen and oxygen atoms in total. The van der Waals surface area contributed by atoms with Gasteiger partial charge in [-0.1, -0.05) is 6.07 Å². The average molecular weight is 362 g/mol. The Bertz CT molecular complexity index is 536. The Morgan fingerprint density at radius 3 is 2.54 bits per heavy atom.